The topological polar surface area (TPSA) is 12.0 Å². The molecular formula is C17H17Cl2N. The highest BCUT2D eigenvalue weighted by Gasteiger charge is 2.19. The summed E-state index contributed by atoms with van der Waals surface area (Å²) in [7, 11) is 0. The molecule has 0 saturated heterocycles. The Bertz CT molecular complexity index is 610. The van der Waals surface area contributed by atoms with E-state index in [9.17, 15) is 0 Å². The zero-order valence-electron chi connectivity index (χ0n) is 11.2. The number of aryl methyl sites for hydroxylation is 1. The maximum atomic E-state index is 6.29. The lowest BCUT2D eigenvalue weighted by Gasteiger charge is -2.21. The first-order valence-corrected chi connectivity index (χ1v) is 7.79. The molecule has 104 valence electrons. The Morgan fingerprint density at radius 1 is 0.950 bits per heavy atom. The van der Waals surface area contributed by atoms with Crippen molar-refractivity contribution in [3.8, 4) is 0 Å². The molecule has 0 aliphatic heterocycles. The second-order valence-corrected chi connectivity index (χ2v) is 6.03. The molecule has 3 heteroatoms. The third-order valence-electron chi connectivity index (χ3n) is 3.90. The van der Waals surface area contributed by atoms with E-state index in [1.807, 2.05) is 18.2 Å². The van der Waals surface area contributed by atoms with Gasteiger partial charge in [0.15, 0.2) is 0 Å². The van der Waals surface area contributed by atoms with Crippen molar-refractivity contribution in [2.45, 2.75) is 31.7 Å². The van der Waals surface area contributed by atoms with E-state index in [0.717, 1.165) is 18.5 Å². The summed E-state index contributed by atoms with van der Waals surface area (Å²) in [4.78, 5) is 0. The molecule has 0 amide bonds. The lowest BCUT2D eigenvalue weighted by Crippen LogP contribution is -2.11. The van der Waals surface area contributed by atoms with Gasteiger partial charge in [0, 0.05) is 0 Å². The molecule has 1 aliphatic carbocycles. The molecule has 1 N–H and O–H groups in total. The first-order valence-electron chi connectivity index (χ1n) is 7.04. The molecule has 1 atom stereocenters. The average Bonchev–Trinajstić information content (AvgIpc) is 2.67. The van der Waals surface area contributed by atoms with Crippen molar-refractivity contribution in [2.75, 3.05) is 5.32 Å². The molecule has 2 aromatic rings. The highest BCUT2D eigenvalue weighted by Crippen LogP contribution is 2.36. The van der Waals surface area contributed by atoms with Crippen LogP contribution in [-0.4, -0.2) is 0 Å². The van der Waals surface area contributed by atoms with E-state index < -0.39 is 0 Å². The first kappa shape index (κ1) is 13.8. The normalized spacial score (nSPS) is 18.2. The second kappa shape index (κ2) is 6.07. The molecule has 0 spiro atoms. The van der Waals surface area contributed by atoms with Crippen LogP contribution in [0.5, 0.6) is 0 Å². The number of rotatable bonds is 2. The summed E-state index contributed by atoms with van der Waals surface area (Å²) in [5.41, 5.74) is 3.75. The van der Waals surface area contributed by atoms with Gasteiger partial charge in [0.25, 0.3) is 0 Å². The number of anilines is 1. The number of halogens is 2. The molecule has 1 nitrogen and oxygen atoms in total. The van der Waals surface area contributed by atoms with Crippen LogP contribution in [0.2, 0.25) is 10.0 Å². The van der Waals surface area contributed by atoms with Crippen LogP contribution in [-0.2, 0) is 6.42 Å². The fourth-order valence-electron chi connectivity index (χ4n) is 2.87. The van der Waals surface area contributed by atoms with Crippen LogP contribution in [0.25, 0.3) is 0 Å². The van der Waals surface area contributed by atoms with Crippen LogP contribution in [0.3, 0.4) is 0 Å². The van der Waals surface area contributed by atoms with Crippen molar-refractivity contribution in [1.82, 2.24) is 0 Å². The van der Waals surface area contributed by atoms with Gasteiger partial charge in [-0.15, -0.1) is 0 Å². The predicted octanol–water partition coefficient (Wildman–Crippen LogP) is 5.87. The second-order valence-electron chi connectivity index (χ2n) is 5.24. The third kappa shape index (κ3) is 2.79. The van der Waals surface area contributed by atoms with E-state index in [-0.39, 0.29) is 0 Å². The molecule has 2 aromatic carbocycles. The monoisotopic (exact) mass is 305 g/mol. The van der Waals surface area contributed by atoms with Gasteiger partial charge in [0.2, 0.25) is 0 Å². The molecule has 1 unspecified atom stereocenters. The lowest BCUT2D eigenvalue weighted by atomic mass is 9.99. The highest BCUT2D eigenvalue weighted by molar-refractivity contribution is 6.43. The summed E-state index contributed by atoms with van der Waals surface area (Å²) in [6.45, 7) is 0. The molecule has 0 aromatic heterocycles. The van der Waals surface area contributed by atoms with Crippen LogP contribution >= 0.6 is 23.2 Å². The van der Waals surface area contributed by atoms with Gasteiger partial charge in [0.1, 0.15) is 0 Å². The fraction of sp³-hybridized carbons (Fsp3) is 0.294. The van der Waals surface area contributed by atoms with Gasteiger partial charge in [-0.25, -0.2) is 0 Å². The zero-order valence-corrected chi connectivity index (χ0v) is 12.7. The van der Waals surface area contributed by atoms with Gasteiger partial charge in [-0.3, -0.25) is 0 Å². The number of hydrogen-bond donors (Lipinski definition) is 1. The standard InChI is InChI=1S/C17H17Cl2N/c18-14-9-5-11-16(17(14)19)20-15-10-4-2-7-12-6-1-3-8-13(12)15/h1,3,5-6,8-9,11,15,20H,2,4,7,10H2. The Kier molecular flexibility index (Phi) is 4.18. The van der Waals surface area contributed by atoms with E-state index in [1.165, 1.54) is 24.0 Å². The van der Waals surface area contributed by atoms with Gasteiger partial charge >= 0.3 is 0 Å². The molecule has 3 rings (SSSR count). The van der Waals surface area contributed by atoms with Gasteiger partial charge in [-0.05, 0) is 42.5 Å². The number of benzene rings is 2. The maximum Gasteiger partial charge on any atom is 0.0823 e. The van der Waals surface area contributed by atoms with Crippen molar-refractivity contribution in [1.29, 1.82) is 0 Å². The summed E-state index contributed by atoms with van der Waals surface area (Å²) in [6, 6.07) is 14.7. The van der Waals surface area contributed by atoms with Gasteiger partial charge < -0.3 is 5.32 Å². The SMILES string of the molecule is Clc1cccc(NC2CCCCc3ccccc32)c1Cl. The van der Waals surface area contributed by atoms with E-state index in [0.29, 0.717) is 16.1 Å². The first-order chi connectivity index (χ1) is 9.75. The predicted molar refractivity (Wildman–Crippen MR) is 86.8 cm³/mol. The summed E-state index contributed by atoms with van der Waals surface area (Å²) in [6.07, 6.45) is 4.76. The van der Waals surface area contributed by atoms with Gasteiger partial charge in [-0.1, -0.05) is 60.0 Å². The van der Waals surface area contributed by atoms with Crippen LogP contribution in [0, 0.1) is 0 Å². The van der Waals surface area contributed by atoms with Crippen molar-refractivity contribution >= 4 is 28.9 Å². The molecule has 0 fully saturated rings. The zero-order chi connectivity index (χ0) is 13.9. The minimum atomic E-state index is 0.310. The number of fused-ring (bicyclic) bond motifs is 1. The van der Waals surface area contributed by atoms with Gasteiger partial charge in [0.05, 0.1) is 21.8 Å². The van der Waals surface area contributed by atoms with Crippen molar-refractivity contribution < 1.29 is 0 Å². The highest BCUT2D eigenvalue weighted by atomic mass is 35.5. The molecule has 0 heterocycles. The summed E-state index contributed by atoms with van der Waals surface area (Å²) < 4.78 is 0. The molecule has 0 saturated carbocycles. The van der Waals surface area contributed by atoms with E-state index in [1.54, 1.807) is 0 Å². The van der Waals surface area contributed by atoms with E-state index in [2.05, 4.69) is 29.6 Å². The molecule has 20 heavy (non-hydrogen) atoms. The quantitative estimate of drug-likeness (QED) is 0.684. The summed E-state index contributed by atoms with van der Waals surface area (Å²) in [5, 5.41) is 4.77. The minimum Gasteiger partial charge on any atom is -0.377 e. The maximum absolute atomic E-state index is 6.29. The Labute approximate surface area is 129 Å². The van der Waals surface area contributed by atoms with Crippen LogP contribution in [0.15, 0.2) is 42.5 Å². The van der Waals surface area contributed by atoms with Crippen LogP contribution < -0.4 is 5.32 Å². The van der Waals surface area contributed by atoms with Crippen LogP contribution in [0.4, 0.5) is 5.69 Å². The summed E-state index contributed by atoms with van der Waals surface area (Å²) in [5.74, 6) is 0. The van der Waals surface area contributed by atoms with E-state index >= 15 is 0 Å². The van der Waals surface area contributed by atoms with Crippen molar-refractivity contribution in [3.05, 3.63) is 63.6 Å². The number of hydrogen-bond acceptors (Lipinski definition) is 1. The Balaban J connectivity index is 1.92. The minimum absolute atomic E-state index is 0.310. The van der Waals surface area contributed by atoms with Gasteiger partial charge in [-0.2, -0.15) is 0 Å². The lowest BCUT2D eigenvalue weighted by molar-refractivity contribution is 0.644. The van der Waals surface area contributed by atoms with Crippen LogP contribution in [0.1, 0.15) is 36.4 Å². The Hall–Kier alpha value is -1.18. The summed E-state index contributed by atoms with van der Waals surface area (Å²) >= 11 is 12.4. The molecular weight excluding hydrogens is 289 g/mol. The largest absolute Gasteiger partial charge is 0.377 e. The Morgan fingerprint density at radius 3 is 2.70 bits per heavy atom. The van der Waals surface area contributed by atoms with Crippen molar-refractivity contribution in [2.24, 2.45) is 0 Å². The average molecular weight is 306 g/mol. The third-order valence-corrected chi connectivity index (χ3v) is 4.72. The fourth-order valence-corrected chi connectivity index (χ4v) is 3.23. The smallest absolute Gasteiger partial charge is 0.0823 e. The number of nitrogens with one attached hydrogen (secondary N) is 1. The molecule has 1 aliphatic rings. The molecule has 0 bridgehead atoms. The van der Waals surface area contributed by atoms with Crippen molar-refractivity contribution in [3.63, 3.8) is 0 Å². The Morgan fingerprint density at radius 2 is 1.80 bits per heavy atom. The van der Waals surface area contributed by atoms with E-state index in [4.69, 9.17) is 23.2 Å². The molecule has 0 radical (unpaired) electrons.